The molecule has 1 N–H and O–H groups in total. The van der Waals surface area contributed by atoms with Gasteiger partial charge in [-0.15, -0.1) is 0 Å². The average molecular weight is 627 g/mol. The highest BCUT2D eigenvalue weighted by molar-refractivity contribution is 6.00. The third kappa shape index (κ3) is 5.66. The quantitative estimate of drug-likeness (QED) is 0.402. The maximum Gasteiger partial charge on any atom is 0.325 e. The number of halogens is 1. The number of nitrogens with zero attached hydrogens (tertiary/aromatic N) is 7. The van der Waals surface area contributed by atoms with Crippen molar-refractivity contribution in [2.45, 2.75) is 44.8 Å². The molecule has 0 radical (unpaired) electrons. The van der Waals surface area contributed by atoms with Gasteiger partial charge in [-0.1, -0.05) is 6.92 Å². The first-order chi connectivity index (χ1) is 22.2. The number of rotatable bonds is 8. The van der Waals surface area contributed by atoms with Crippen molar-refractivity contribution in [1.82, 2.24) is 25.1 Å². The Morgan fingerprint density at radius 3 is 2.61 bits per heavy atom. The number of ether oxygens (including phenoxy) is 1. The molecule has 0 aliphatic carbocycles. The summed E-state index contributed by atoms with van der Waals surface area (Å²) in [5, 5.41) is 12.6. The number of anilines is 2. The zero-order chi connectivity index (χ0) is 32.5. The first-order valence-corrected chi connectivity index (χ1v) is 15.4. The summed E-state index contributed by atoms with van der Waals surface area (Å²) in [6.07, 6.45) is 2.52. The Kier molecular flexibility index (Phi) is 8.44. The Morgan fingerprint density at radius 1 is 1.09 bits per heavy atom. The van der Waals surface area contributed by atoms with E-state index in [2.05, 4.69) is 15.2 Å². The van der Waals surface area contributed by atoms with Gasteiger partial charge in [0.2, 0.25) is 11.8 Å². The van der Waals surface area contributed by atoms with Crippen LogP contribution in [0.4, 0.5) is 20.6 Å². The van der Waals surface area contributed by atoms with Gasteiger partial charge < -0.3 is 24.8 Å². The normalized spacial score (nSPS) is 21.0. The maximum absolute atomic E-state index is 14.0. The first-order valence-electron chi connectivity index (χ1n) is 15.4. The number of nitriles is 1. The van der Waals surface area contributed by atoms with Crippen LogP contribution >= 0.6 is 0 Å². The van der Waals surface area contributed by atoms with Crippen LogP contribution in [0.15, 0.2) is 48.7 Å². The largest absolute Gasteiger partial charge is 0.477 e. The van der Waals surface area contributed by atoms with Crippen LogP contribution in [0.25, 0.3) is 11.3 Å². The minimum absolute atomic E-state index is 0.0396. The lowest BCUT2D eigenvalue weighted by Gasteiger charge is -2.44. The summed E-state index contributed by atoms with van der Waals surface area (Å²) in [6.45, 7) is 5.80. The number of benzene rings is 1. The summed E-state index contributed by atoms with van der Waals surface area (Å²) >= 11 is 0. The molecule has 0 spiro atoms. The number of hydrogen-bond acceptors (Lipinski definition) is 8. The van der Waals surface area contributed by atoms with E-state index in [0.29, 0.717) is 67.7 Å². The fourth-order valence-electron chi connectivity index (χ4n) is 6.52. The lowest BCUT2D eigenvalue weighted by Crippen LogP contribution is -2.58. The molecule has 6 rings (SSSR count). The predicted molar refractivity (Wildman–Crippen MR) is 168 cm³/mol. The van der Waals surface area contributed by atoms with E-state index in [1.807, 2.05) is 38.1 Å². The molecular formula is C33H35FN8O4. The number of pyridine rings is 2. The average Bonchev–Trinajstić information content (AvgIpc) is 3.56. The molecule has 46 heavy (non-hydrogen) atoms. The number of piperazine rings is 1. The van der Waals surface area contributed by atoms with Gasteiger partial charge in [0.05, 0.1) is 46.9 Å². The molecule has 4 amide bonds. The predicted octanol–water partition coefficient (Wildman–Crippen LogP) is 3.42. The van der Waals surface area contributed by atoms with Crippen molar-refractivity contribution >= 4 is 29.2 Å². The SMILES string of the molecule is CCOc1ncccc1-c1ccc(N2C[C@H]3CN(c4ccc(F)cc4C#N)C(=O)N3C[C@H]2CC)c(C(=O)N[C@@H]2CC(=O)N(C)C2)n1. The molecule has 13 heteroatoms. The molecule has 238 valence electrons. The van der Waals surface area contributed by atoms with Gasteiger partial charge >= 0.3 is 6.03 Å². The number of urea groups is 1. The second-order valence-corrected chi connectivity index (χ2v) is 11.7. The molecule has 2 aromatic heterocycles. The van der Waals surface area contributed by atoms with E-state index in [1.165, 1.54) is 17.0 Å². The van der Waals surface area contributed by atoms with E-state index >= 15 is 0 Å². The highest BCUT2D eigenvalue weighted by atomic mass is 19.1. The molecule has 5 heterocycles. The summed E-state index contributed by atoms with van der Waals surface area (Å²) in [4.78, 5) is 56.0. The third-order valence-corrected chi connectivity index (χ3v) is 8.81. The van der Waals surface area contributed by atoms with Crippen molar-refractivity contribution in [1.29, 1.82) is 5.26 Å². The molecule has 3 aliphatic rings. The zero-order valence-electron chi connectivity index (χ0n) is 25.9. The van der Waals surface area contributed by atoms with E-state index in [-0.39, 0.29) is 47.7 Å². The van der Waals surface area contributed by atoms with Crippen LogP contribution in [-0.2, 0) is 4.79 Å². The van der Waals surface area contributed by atoms with Crippen molar-refractivity contribution in [2.75, 3.05) is 49.6 Å². The van der Waals surface area contributed by atoms with E-state index in [4.69, 9.17) is 9.72 Å². The van der Waals surface area contributed by atoms with Gasteiger partial charge in [0.25, 0.3) is 5.91 Å². The first kappa shape index (κ1) is 30.8. The number of amides is 4. The van der Waals surface area contributed by atoms with Crippen LogP contribution in [0, 0.1) is 17.1 Å². The van der Waals surface area contributed by atoms with Gasteiger partial charge in [-0.05, 0) is 55.8 Å². The fourth-order valence-corrected chi connectivity index (χ4v) is 6.52. The maximum atomic E-state index is 14.0. The second kappa shape index (κ2) is 12.6. The molecule has 3 fully saturated rings. The number of fused-ring (bicyclic) bond motifs is 1. The number of carbonyl (C=O) groups excluding carboxylic acids is 3. The van der Waals surface area contributed by atoms with Crippen LogP contribution < -0.4 is 19.9 Å². The Morgan fingerprint density at radius 2 is 1.89 bits per heavy atom. The summed E-state index contributed by atoms with van der Waals surface area (Å²) < 4.78 is 19.6. The van der Waals surface area contributed by atoms with Gasteiger partial charge in [-0.2, -0.15) is 5.26 Å². The number of aromatic nitrogens is 2. The molecule has 1 aromatic carbocycles. The highest BCUT2D eigenvalue weighted by Crippen LogP contribution is 2.36. The van der Waals surface area contributed by atoms with Crippen LogP contribution in [-0.4, -0.2) is 95.6 Å². The molecular weight excluding hydrogens is 591 g/mol. The molecule has 12 nitrogen and oxygen atoms in total. The van der Waals surface area contributed by atoms with Gasteiger partial charge in [-0.25, -0.2) is 19.2 Å². The van der Waals surface area contributed by atoms with Crippen LogP contribution in [0.1, 0.15) is 42.7 Å². The van der Waals surface area contributed by atoms with Crippen molar-refractivity contribution in [2.24, 2.45) is 0 Å². The lowest BCUT2D eigenvalue weighted by molar-refractivity contribution is -0.126. The van der Waals surface area contributed by atoms with Gasteiger partial charge in [0.1, 0.15) is 11.9 Å². The molecule has 3 aliphatic heterocycles. The molecule has 0 bridgehead atoms. The van der Waals surface area contributed by atoms with Crippen LogP contribution in [0.5, 0.6) is 5.88 Å². The van der Waals surface area contributed by atoms with E-state index in [9.17, 15) is 24.0 Å². The van der Waals surface area contributed by atoms with E-state index in [0.717, 1.165) is 6.07 Å². The molecule has 3 aromatic rings. The Balaban J connectivity index is 1.36. The molecule has 0 unspecified atom stereocenters. The number of carbonyl (C=O) groups is 3. The summed E-state index contributed by atoms with van der Waals surface area (Å²) in [5.74, 6) is -0.584. The fraction of sp³-hybridized carbons (Fsp3) is 0.394. The number of hydrogen-bond donors (Lipinski definition) is 1. The summed E-state index contributed by atoms with van der Waals surface area (Å²) in [7, 11) is 1.71. The topological polar surface area (TPSA) is 135 Å². The van der Waals surface area contributed by atoms with Gasteiger partial charge in [-0.3, -0.25) is 14.5 Å². The van der Waals surface area contributed by atoms with E-state index in [1.54, 1.807) is 29.1 Å². The summed E-state index contributed by atoms with van der Waals surface area (Å²) in [5.41, 5.74) is 2.42. The monoisotopic (exact) mass is 626 g/mol. The Labute approximate surface area is 266 Å². The number of likely N-dealkylation sites (tertiary alicyclic amines) is 1. The van der Waals surface area contributed by atoms with Gasteiger partial charge in [0, 0.05) is 51.9 Å². The van der Waals surface area contributed by atoms with Crippen LogP contribution in [0.3, 0.4) is 0 Å². The van der Waals surface area contributed by atoms with Crippen molar-refractivity contribution in [3.05, 3.63) is 65.7 Å². The third-order valence-electron chi connectivity index (χ3n) is 8.81. The highest BCUT2D eigenvalue weighted by Gasteiger charge is 2.45. The zero-order valence-corrected chi connectivity index (χ0v) is 25.9. The second-order valence-electron chi connectivity index (χ2n) is 11.7. The minimum Gasteiger partial charge on any atom is -0.477 e. The lowest BCUT2D eigenvalue weighted by atomic mass is 10.0. The molecule has 3 saturated heterocycles. The van der Waals surface area contributed by atoms with E-state index < -0.39 is 11.7 Å². The number of likely N-dealkylation sites (N-methyl/N-ethyl adjacent to an activating group) is 1. The number of nitrogens with one attached hydrogen (secondary N) is 1. The standard InChI is InChI=1S/C33H35FN8O4/c1-4-23-17-41-24(19-42(33(41)45)27-10-8-21(34)13-20(27)15-35)18-40(23)28-11-9-26(25-7-6-12-36-32(25)46-5-2)38-30(28)31(44)37-22-14-29(43)39(3)16-22/h6-13,22-24H,4-5,14,16-19H2,1-3H3,(H,37,44)/t22-,23-,24+/m1/s1. The van der Waals surface area contributed by atoms with Crippen molar-refractivity contribution < 1.29 is 23.5 Å². The molecule has 3 atom stereocenters. The van der Waals surface area contributed by atoms with Gasteiger partial charge in [0.15, 0.2) is 5.69 Å². The smallest absolute Gasteiger partial charge is 0.325 e. The van der Waals surface area contributed by atoms with Crippen molar-refractivity contribution in [3.8, 4) is 23.2 Å². The minimum atomic E-state index is -0.545. The Hall–Kier alpha value is -5.25. The summed E-state index contributed by atoms with van der Waals surface area (Å²) in [6, 6.07) is 12.2. The Bertz CT molecular complexity index is 1730. The molecule has 0 saturated carbocycles. The van der Waals surface area contributed by atoms with Crippen molar-refractivity contribution in [3.63, 3.8) is 0 Å². The van der Waals surface area contributed by atoms with Crippen LogP contribution in [0.2, 0.25) is 0 Å².